The van der Waals surface area contributed by atoms with Crippen molar-refractivity contribution in [2.75, 3.05) is 13.1 Å². The third-order valence-electron chi connectivity index (χ3n) is 3.03. The molecule has 2 bridgehead atoms. The first-order valence-corrected chi connectivity index (χ1v) is 4.51. The summed E-state index contributed by atoms with van der Waals surface area (Å²) in [6.45, 7) is 2.28. The Kier molecular flexibility index (Phi) is 1.83. The van der Waals surface area contributed by atoms with Crippen LogP contribution in [0.1, 0.15) is 25.7 Å². The highest BCUT2D eigenvalue weighted by Crippen LogP contribution is 2.36. The number of likely N-dealkylation sites (tertiary alicyclic amines) is 1. The van der Waals surface area contributed by atoms with Gasteiger partial charge in [-0.15, -0.1) is 0 Å². The van der Waals surface area contributed by atoms with Crippen molar-refractivity contribution in [1.29, 1.82) is 5.26 Å². The number of rotatable bonds is 2. The van der Waals surface area contributed by atoms with Gasteiger partial charge in [-0.3, -0.25) is 4.90 Å². The molecular weight excluding hydrogens is 136 g/mol. The SMILES string of the molecule is N#CCCN1CC2CCC1C2. The molecule has 0 aromatic heterocycles. The molecule has 1 saturated heterocycles. The lowest BCUT2D eigenvalue weighted by Gasteiger charge is -2.25. The summed E-state index contributed by atoms with van der Waals surface area (Å²) in [6.07, 6.45) is 4.94. The summed E-state index contributed by atoms with van der Waals surface area (Å²) >= 11 is 0. The quantitative estimate of drug-likeness (QED) is 0.594. The zero-order chi connectivity index (χ0) is 7.68. The molecule has 2 fully saturated rings. The molecule has 0 aromatic rings. The van der Waals surface area contributed by atoms with Crippen LogP contribution in [0.5, 0.6) is 0 Å². The number of piperidine rings is 1. The summed E-state index contributed by atoms with van der Waals surface area (Å²) < 4.78 is 0. The van der Waals surface area contributed by atoms with E-state index in [9.17, 15) is 0 Å². The first-order valence-electron chi connectivity index (χ1n) is 4.51. The van der Waals surface area contributed by atoms with Crippen molar-refractivity contribution in [3.63, 3.8) is 0 Å². The molecule has 1 aliphatic carbocycles. The van der Waals surface area contributed by atoms with Crippen molar-refractivity contribution in [3.8, 4) is 6.07 Å². The maximum absolute atomic E-state index is 8.42. The van der Waals surface area contributed by atoms with Gasteiger partial charge in [0.2, 0.25) is 0 Å². The van der Waals surface area contributed by atoms with E-state index in [-0.39, 0.29) is 0 Å². The average molecular weight is 150 g/mol. The average Bonchev–Trinajstić information content (AvgIpc) is 2.60. The standard InChI is InChI=1S/C9H14N2/c10-4-1-5-11-7-8-2-3-9(11)6-8/h8-9H,1-3,5-7H2. The van der Waals surface area contributed by atoms with Gasteiger partial charge in [0, 0.05) is 25.6 Å². The number of hydrogen-bond acceptors (Lipinski definition) is 2. The Bertz CT molecular complexity index is 182. The molecule has 60 valence electrons. The topological polar surface area (TPSA) is 27.0 Å². The molecule has 0 aromatic carbocycles. The molecule has 0 N–H and O–H groups in total. The Hall–Kier alpha value is -0.550. The molecule has 0 radical (unpaired) electrons. The van der Waals surface area contributed by atoms with Gasteiger partial charge in [-0.05, 0) is 25.2 Å². The van der Waals surface area contributed by atoms with E-state index >= 15 is 0 Å². The van der Waals surface area contributed by atoms with Crippen molar-refractivity contribution in [1.82, 2.24) is 4.90 Å². The van der Waals surface area contributed by atoms with Gasteiger partial charge >= 0.3 is 0 Å². The van der Waals surface area contributed by atoms with Gasteiger partial charge in [0.1, 0.15) is 0 Å². The second kappa shape index (κ2) is 2.83. The Morgan fingerprint density at radius 3 is 2.91 bits per heavy atom. The van der Waals surface area contributed by atoms with E-state index in [4.69, 9.17) is 5.26 Å². The second-order valence-corrected chi connectivity index (χ2v) is 3.74. The van der Waals surface area contributed by atoms with Crippen LogP contribution in [0.2, 0.25) is 0 Å². The summed E-state index contributed by atoms with van der Waals surface area (Å²) in [6, 6.07) is 3.05. The minimum Gasteiger partial charge on any atom is -0.299 e. The molecule has 0 spiro atoms. The molecule has 0 amide bonds. The fourth-order valence-corrected chi connectivity index (χ4v) is 2.49. The smallest absolute Gasteiger partial charge is 0.0635 e. The van der Waals surface area contributed by atoms with E-state index in [0.29, 0.717) is 6.42 Å². The maximum Gasteiger partial charge on any atom is 0.0635 e. The predicted molar refractivity (Wildman–Crippen MR) is 42.9 cm³/mol. The molecule has 2 nitrogen and oxygen atoms in total. The van der Waals surface area contributed by atoms with Gasteiger partial charge in [0.25, 0.3) is 0 Å². The van der Waals surface area contributed by atoms with Crippen LogP contribution in [0.3, 0.4) is 0 Å². The highest BCUT2D eigenvalue weighted by atomic mass is 15.2. The molecule has 11 heavy (non-hydrogen) atoms. The normalized spacial score (nSPS) is 35.9. The van der Waals surface area contributed by atoms with E-state index in [1.807, 2.05) is 0 Å². The van der Waals surface area contributed by atoms with Crippen molar-refractivity contribution in [2.24, 2.45) is 5.92 Å². The van der Waals surface area contributed by atoms with E-state index in [1.165, 1.54) is 25.8 Å². The molecular formula is C9H14N2. The molecule has 1 saturated carbocycles. The lowest BCUT2D eigenvalue weighted by Crippen LogP contribution is -2.32. The minimum atomic E-state index is 0.712. The van der Waals surface area contributed by atoms with Crippen LogP contribution in [0, 0.1) is 17.2 Å². The summed E-state index contributed by atoms with van der Waals surface area (Å²) in [5, 5.41) is 8.42. The summed E-state index contributed by atoms with van der Waals surface area (Å²) in [5.74, 6) is 0.971. The largest absolute Gasteiger partial charge is 0.299 e. The second-order valence-electron chi connectivity index (χ2n) is 3.74. The minimum absolute atomic E-state index is 0.712. The molecule has 2 heteroatoms. The number of nitrogens with zero attached hydrogens (tertiary/aromatic N) is 2. The number of fused-ring (bicyclic) bond motifs is 2. The fourth-order valence-electron chi connectivity index (χ4n) is 2.49. The predicted octanol–water partition coefficient (Wildman–Crippen LogP) is 1.38. The van der Waals surface area contributed by atoms with Gasteiger partial charge in [0.05, 0.1) is 6.07 Å². The van der Waals surface area contributed by atoms with E-state index in [0.717, 1.165) is 18.5 Å². The summed E-state index contributed by atoms with van der Waals surface area (Å²) in [4.78, 5) is 2.50. The van der Waals surface area contributed by atoms with Gasteiger partial charge in [-0.1, -0.05) is 0 Å². The molecule has 2 aliphatic rings. The molecule has 2 unspecified atom stereocenters. The van der Waals surface area contributed by atoms with E-state index in [1.54, 1.807) is 0 Å². The Morgan fingerprint density at radius 2 is 2.36 bits per heavy atom. The molecule has 1 heterocycles. The number of nitriles is 1. The number of hydrogen-bond donors (Lipinski definition) is 0. The fraction of sp³-hybridized carbons (Fsp3) is 0.889. The third-order valence-corrected chi connectivity index (χ3v) is 3.03. The summed E-state index contributed by atoms with van der Waals surface area (Å²) in [5.41, 5.74) is 0. The van der Waals surface area contributed by atoms with Gasteiger partial charge in [-0.25, -0.2) is 0 Å². The van der Waals surface area contributed by atoms with Crippen LogP contribution < -0.4 is 0 Å². The van der Waals surface area contributed by atoms with Crippen LogP contribution in [0.25, 0.3) is 0 Å². The van der Waals surface area contributed by atoms with Crippen LogP contribution in [-0.2, 0) is 0 Å². The Morgan fingerprint density at radius 1 is 1.45 bits per heavy atom. The van der Waals surface area contributed by atoms with Crippen LogP contribution in [-0.4, -0.2) is 24.0 Å². The monoisotopic (exact) mass is 150 g/mol. The molecule has 2 atom stereocenters. The van der Waals surface area contributed by atoms with Crippen molar-refractivity contribution < 1.29 is 0 Å². The van der Waals surface area contributed by atoms with Gasteiger partial charge in [0.15, 0.2) is 0 Å². The highest BCUT2D eigenvalue weighted by molar-refractivity contribution is 4.92. The highest BCUT2D eigenvalue weighted by Gasteiger charge is 2.36. The maximum atomic E-state index is 8.42. The zero-order valence-electron chi connectivity index (χ0n) is 6.79. The van der Waals surface area contributed by atoms with Crippen LogP contribution >= 0.6 is 0 Å². The molecule has 2 rings (SSSR count). The zero-order valence-corrected chi connectivity index (χ0v) is 6.79. The van der Waals surface area contributed by atoms with E-state index in [2.05, 4.69) is 11.0 Å². The van der Waals surface area contributed by atoms with Crippen LogP contribution in [0.4, 0.5) is 0 Å². The van der Waals surface area contributed by atoms with Crippen molar-refractivity contribution in [2.45, 2.75) is 31.7 Å². The van der Waals surface area contributed by atoms with Gasteiger partial charge < -0.3 is 0 Å². The lowest BCUT2D eigenvalue weighted by atomic mass is 10.1. The van der Waals surface area contributed by atoms with Crippen molar-refractivity contribution in [3.05, 3.63) is 0 Å². The van der Waals surface area contributed by atoms with Crippen molar-refractivity contribution >= 4 is 0 Å². The third kappa shape index (κ3) is 1.25. The van der Waals surface area contributed by atoms with Gasteiger partial charge in [-0.2, -0.15) is 5.26 Å². The summed E-state index contributed by atoms with van der Waals surface area (Å²) in [7, 11) is 0. The lowest BCUT2D eigenvalue weighted by molar-refractivity contribution is 0.218. The Labute approximate surface area is 67.8 Å². The Balaban J connectivity index is 1.84. The first-order chi connectivity index (χ1) is 5.40. The first kappa shape index (κ1) is 7.12. The van der Waals surface area contributed by atoms with Crippen LogP contribution in [0.15, 0.2) is 0 Å². The van der Waals surface area contributed by atoms with E-state index < -0.39 is 0 Å². The molecule has 1 aliphatic heterocycles.